The Bertz CT molecular complexity index is 581. The summed E-state index contributed by atoms with van der Waals surface area (Å²) in [5.74, 6) is 1.50. The molecule has 2 aromatic heterocycles. The number of ether oxygens (including phenoxy) is 1. The summed E-state index contributed by atoms with van der Waals surface area (Å²) in [7, 11) is 0. The van der Waals surface area contributed by atoms with Crippen LogP contribution < -0.4 is 5.73 Å². The van der Waals surface area contributed by atoms with Crippen LogP contribution in [0.1, 0.15) is 48.6 Å². The molecule has 2 aromatic rings. The van der Waals surface area contributed by atoms with Crippen LogP contribution in [-0.2, 0) is 11.2 Å². The van der Waals surface area contributed by atoms with Crippen molar-refractivity contribution in [2.45, 2.75) is 49.9 Å². The molecule has 0 spiro atoms. The molecule has 2 fully saturated rings. The number of aromatic nitrogens is 4. The highest BCUT2D eigenvalue weighted by Gasteiger charge is 2.43. The fraction of sp³-hybridized carbons (Fsp3) is 0.615. The highest BCUT2D eigenvalue weighted by molar-refractivity contribution is 5.09. The van der Waals surface area contributed by atoms with E-state index < -0.39 is 0 Å². The molecule has 4 rings (SSSR count). The average Bonchev–Trinajstić information content (AvgIpc) is 3.22. The van der Waals surface area contributed by atoms with E-state index in [1.54, 1.807) is 12.5 Å². The van der Waals surface area contributed by atoms with Crippen LogP contribution in [0.2, 0.25) is 0 Å². The molecule has 4 unspecified atom stereocenters. The van der Waals surface area contributed by atoms with Crippen molar-refractivity contribution in [1.29, 1.82) is 0 Å². The van der Waals surface area contributed by atoms with E-state index in [4.69, 9.17) is 15.0 Å². The normalized spacial score (nSPS) is 29.9. The monoisotopic (exact) mass is 275 g/mol. The number of fused-ring (bicyclic) bond motifs is 2. The Morgan fingerprint density at radius 3 is 3.10 bits per heavy atom. The lowest BCUT2D eigenvalue weighted by atomic mass is 9.89. The van der Waals surface area contributed by atoms with E-state index in [-0.39, 0.29) is 18.1 Å². The Balaban J connectivity index is 1.47. The number of rotatable bonds is 4. The second-order valence-corrected chi connectivity index (χ2v) is 5.59. The van der Waals surface area contributed by atoms with Crippen LogP contribution in [0, 0.1) is 0 Å². The van der Waals surface area contributed by atoms with Gasteiger partial charge in [0, 0.05) is 18.3 Å². The molecule has 0 radical (unpaired) electrons. The average molecular weight is 275 g/mol. The van der Waals surface area contributed by atoms with Gasteiger partial charge < -0.3 is 20.0 Å². The van der Waals surface area contributed by atoms with Crippen LogP contribution >= 0.6 is 0 Å². The Hall–Kier alpha value is -1.73. The fourth-order valence-electron chi connectivity index (χ4n) is 3.18. The number of aromatic amines is 1. The van der Waals surface area contributed by atoms with Crippen LogP contribution in [0.15, 0.2) is 17.0 Å². The lowest BCUT2D eigenvalue weighted by Gasteiger charge is -2.13. The lowest BCUT2D eigenvalue weighted by molar-refractivity contribution is 0.0996. The van der Waals surface area contributed by atoms with Crippen LogP contribution in [0.25, 0.3) is 0 Å². The highest BCUT2D eigenvalue weighted by atomic mass is 16.5. The predicted molar refractivity (Wildman–Crippen MR) is 68.8 cm³/mol. The number of imidazole rings is 1. The van der Waals surface area contributed by atoms with Crippen molar-refractivity contribution in [1.82, 2.24) is 20.1 Å². The minimum absolute atomic E-state index is 0.259. The zero-order valence-corrected chi connectivity index (χ0v) is 11.0. The van der Waals surface area contributed by atoms with Crippen LogP contribution in [0.3, 0.4) is 0 Å². The molecule has 0 aromatic carbocycles. The third kappa shape index (κ3) is 2.03. The van der Waals surface area contributed by atoms with E-state index in [1.807, 2.05) is 0 Å². The van der Waals surface area contributed by atoms with Crippen molar-refractivity contribution >= 4 is 0 Å². The molecule has 4 atom stereocenters. The van der Waals surface area contributed by atoms with Crippen LogP contribution in [0.5, 0.6) is 0 Å². The van der Waals surface area contributed by atoms with E-state index >= 15 is 0 Å². The number of hydrogen-bond donors (Lipinski definition) is 2. The molecule has 2 saturated heterocycles. The van der Waals surface area contributed by atoms with Gasteiger partial charge in [-0.15, -0.1) is 0 Å². The van der Waals surface area contributed by atoms with Gasteiger partial charge in [0.05, 0.1) is 30.5 Å². The Labute approximate surface area is 115 Å². The number of nitrogens with one attached hydrogen (secondary N) is 1. The summed E-state index contributed by atoms with van der Waals surface area (Å²) in [5, 5.41) is 4.10. The summed E-state index contributed by atoms with van der Waals surface area (Å²) in [6, 6.07) is -0.309. The summed E-state index contributed by atoms with van der Waals surface area (Å²) in [6.07, 6.45) is 7.88. The van der Waals surface area contributed by atoms with Crippen molar-refractivity contribution < 1.29 is 9.26 Å². The first-order valence-corrected chi connectivity index (χ1v) is 7.01. The van der Waals surface area contributed by atoms with E-state index in [0.29, 0.717) is 18.4 Å². The van der Waals surface area contributed by atoms with Crippen molar-refractivity contribution in [3.05, 3.63) is 29.9 Å². The lowest BCUT2D eigenvalue weighted by Crippen LogP contribution is -2.17. The van der Waals surface area contributed by atoms with E-state index in [9.17, 15) is 0 Å². The molecule has 20 heavy (non-hydrogen) atoms. The maximum atomic E-state index is 6.10. The van der Waals surface area contributed by atoms with Crippen LogP contribution in [-0.4, -0.2) is 32.3 Å². The molecule has 4 heterocycles. The molecule has 0 aliphatic carbocycles. The van der Waals surface area contributed by atoms with Gasteiger partial charge in [0.15, 0.2) is 5.82 Å². The van der Waals surface area contributed by atoms with Gasteiger partial charge in [-0.3, -0.25) is 0 Å². The standard InChI is InChI=1S/C13H17N5O2/c14-10(3-7-5-15-6-16-7)13-17-12(18-20-13)9-4-8-1-2-11(9)19-8/h5-6,8-11H,1-4,14H2,(H,15,16). The molecule has 2 bridgehead atoms. The van der Waals surface area contributed by atoms with Gasteiger partial charge in [-0.2, -0.15) is 4.98 Å². The largest absolute Gasteiger partial charge is 0.374 e. The summed E-state index contributed by atoms with van der Waals surface area (Å²) >= 11 is 0. The van der Waals surface area contributed by atoms with Crippen molar-refractivity contribution in [2.75, 3.05) is 0 Å². The SMILES string of the molecule is NC(Cc1cnc[nH]1)c1nc(C2CC3CCC2O3)no1. The van der Waals surface area contributed by atoms with Crippen molar-refractivity contribution in [2.24, 2.45) is 5.73 Å². The second-order valence-electron chi connectivity index (χ2n) is 5.59. The number of H-pyrrole nitrogens is 1. The van der Waals surface area contributed by atoms with E-state index in [1.165, 1.54) is 0 Å². The van der Waals surface area contributed by atoms with Gasteiger partial charge >= 0.3 is 0 Å². The Morgan fingerprint density at radius 2 is 2.40 bits per heavy atom. The quantitative estimate of drug-likeness (QED) is 0.865. The third-order valence-corrected chi connectivity index (χ3v) is 4.21. The third-order valence-electron chi connectivity index (χ3n) is 4.21. The molecule has 7 nitrogen and oxygen atoms in total. The van der Waals surface area contributed by atoms with Gasteiger partial charge in [-0.25, -0.2) is 4.98 Å². The van der Waals surface area contributed by atoms with Crippen molar-refractivity contribution in [3.8, 4) is 0 Å². The minimum Gasteiger partial charge on any atom is -0.374 e. The zero-order valence-electron chi connectivity index (χ0n) is 11.0. The molecule has 106 valence electrons. The van der Waals surface area contributed by atoms with Crippen LogP contribution in [0.4, 0.5) is 0 Å². The maximum Gasteiger partial charge on any atom is 0.243 e. The van der Waals surface area contributed by atoms with Gasteiger partial charge in [0.25, 0.3) is 0 Å². The zero-order chi connectivity index (χ0) is 13.5. The van der Waals surface area contributed by atoms with Gasteiger partial charge in [0.2, 0.25) is 5.89 Å². The van der Waals surface area contributed by atoms with E-state index in [2.05, 4.69) is 20.1 Å². The highest BCUT2D eigenvalue weighted by Crippen LogP contribution is 2.43. The molecule has 0 saturated carbocycles. The Kier molecular flexibility index (Phi) is 2.82. The van der Waals surface area contributed by atoms with Gasteiger partial charge in [0.1, 0.15) is 0 Å². The molecule has 0 amide bonds. The number of nitrogens with two attached hydrogens (primary N) is 1. The van der Waals surface area contributed by atoms with Gasteiger partial charge in [-0.05, 0) is 19.3 Å². The maximum absolute atomic E-state index is 6.10. The molecular formula is C13H17N5O2. The number of hydrogen-bond acceptors (Lipinski definition) is 6. The summed E-state index contributed by atoms with van der Waals surface area (Å²) in [5.41, 5.74) is 7.06. The molecular weight excluding hydrogens is 258 g/mol. The first kappa shape index (κ1) is 12.0. The summed E-state index contributed by atoms with van der Waals surface area (Å²) < 4.78 is 11.1. The van der Waals surface area contributed by atoms with Gasteiger partial charge in [-0.1, -0.05) is 5.16 Å². The molecule has 3 N–H and O–H groups in total. The van der Waals surface area contributed by atoms with Crippen molar-refractivity contribution in [3.63, 3.8) is 0 Å². The molecule has 2 aliphatic rings. The predicted octanol–water partition coefficient (Wildman–Crippen LogP) is 1.07. The number of nitrogens with zero attached hydrogens (tertiary/aromatic N) is 3. The molecule has 7 heteroatoms. The smallest absolute Gasteiger partial charge is 0.243 e. The fourth-order valence-corrected chi connectivity index (χ4v) is 3.18. The first-order valence-electron chi connectivity index (χ1n) is 7.01. The summed E-state index contributed by atoms with van der Waals surface area (Å²) in [4.78, 5) is 11.5. The minimum atomic E-state index is -0.309. The Morgan fingerprint density at radius 1 is 1.45 bits per heavy atom. The topological polar surface area (TPSA) is 103 Å². The summed E-state index contributed by atoms with van der Waals surface area (Å²) in [6.45, 7) is 0. The second kappa shape index (κ2) is 4.68. The first-order chi connectivity index (χ1) is 9.79. The van der Waals surface area contributed by atoms with E-state index in [0.717, 1.165) is 30.8 Å². The molecule has 2 aliphatic heterocycles.